The molecular formula is C23H32O5S. The van der Waals surface area contributed by atoms with Crippen molar-refractivity contribution in [1.82, 2.24) is 0 Å². The molecular weight excluding hydrogens is 388 g/mol. The Balaban J connectivity index is 1.76. The van der Waals surface area contributed by atoms with E-state index >= 15 is 0 Å². The highest BCUT2D eigenvalue weighted by molar-refractivity contribution is 7.85. The SMILES string of the molecule is CC(C)CC(c1ccc(OCCCOc2ccc(S(=O)(=O)O)cc2)cc1)C(C)C. The van der Waals surface area contributed by atoms with Gasteiger partial charge in [0.25, 0.3) is 10.1 Å². The summed E-state index contributed by atoms with van der Waals surface area (Å²) in [6.45, 7) is 10.0. The van der Waals surface area contributed by atoms with E-state index in [1.807, 2.05) is 12.1 Å². The standard InChI is InChI=1S/C23H32O5S/c1-17(2)16-23(18(3)4)19-6-8-20(9-7-19)27-14-5-15-28-21-10-12-22(13-11-21)29(24,25)26/h6-13,17-18,23H,5,14-16H2,1-4H3,(H,24,25,26). The molecule has 2 rings (SSSR count). The summed E-state index contributed by atoms with van der Waals surface area (Å²) in [4.78, 5) is -0.148. The fourth-order valence-corrected chi connectivity index (χ4v) is 3.74. The van der Waals surface area contributed by atoms with E-state index in [1.165, 1.54) is 36.2 Å². The van der Waals surface area contributed by atoms with Crippen LogP contribution in [0.2, 0.25) is 0 Å². The lowest BCUT2D eigenvalue weighted by atomic mass is 9.82. The lowest BCUT2D eigenvalue weighted by molar-refractivity contribution is 0.247. The maximum absolute atomic E-state index is 11.0. The third-order valence-electron chi connectivity index (χ3n) is 4.79. The first-order valence-electron chi connectivity index (χ1n) is 10.1. The Morgan fingerprint density at radius 2 is 1.31 bits per heavy atom. The molecule has 1 N–H and O–H groups in total. The molecule has 0 fully saturated rings. The van der Waals surface area contributed by atoms with Crippen LogP contribution >= 0.6 is 0 Å². The molecule has 0 spiro atoms. The van der Waals surface area contributed by atoms with E-state index in [-0.39, 0.29) is 4.90 Å². The molecule has 0 aliphatic carbocycles. The van der Waals surface area contributed by atoms with Crippen molar-refractivity contribution in [2.45, 2.75) is 51.3 Å². The van der Waals surface area contributed by atoms with Crippen molar-refractivity contribution in [1.29, 1.82) is 0 Å². The summed E-state index contributed by atoms with van der Waals surface area (Å²) >= 11 is 0. The van der Waals surface area contributed by atoms with Crippen molar-refractivity contribution in [2.24, 2.45) is 11.8 Å². The zero-order valence-corrected chi connectivity index (χ0v) is 18.5. The van der Waals surface area contributed by atoms with E-state index < -0.39 is 10.1 Å². The van der Waals surface area contributed by atoms with Crippen molar-refractivity contribution in [3.05, 3.63) is 54.1 Å². The third kappa shape index (κ3) is 7.71. The van der Waals surface area contributed by atoms with E-state index in [0.29, 0.717) is 43.1 Å². The van der Waals surface area contributed by atoms with Gasteiger partial charge in [-0.05, 0) is 66.1 Å². The molecule has 6 heteroatoms. The molecule has 0 saturated heterocycles. The molecule has 2 aromatic carbocycles. The quantitative estimate of drug-likeness (QED) is 0.380. The van der Waals surface area contributed by atoms with Gasteiger partial charge in [-0.25, -0.2) is 0 Å². The van der Waals surface area contributed by atoms with Gasteiger partial charge in [0.15, 0.2) is 0 Å². The van der Waals surface area contributed by atoms with Crippen LogP contribution < -0.4 is 9.47 Å². The Bertz CT molecular complexity index is 840. The van der Waals surface area contributed by atoms with Crippen LogP contribution in [0.3, 0.4) is 0 Å². The fraction of sp³-hybridized carbons (Fsp3) is 0.478. The third-order valence-corrected chi connectivity index (χ3v) is 5.65. The number of hydrogen-bond acceptors (Lipinski definition) is 4. The van der Waals surface area contributed by atoms with Gasteiger partial charge in [-0.2, -0.15) is 8.42 Å². The van der Waals surface area contributed by atoms with Crippen molar-refractivity contribution >= 4 is 10.1 Å². The summed E-state index contributed by atoms with van der Waals surface area (Å²) in [5.74, 6) is 3.23. The first kappa shape index (κ1) is 23.2. The zero-order chi connectivity index (χ0) is 21.4. The van der Waals surface area contributed by atoms with E-state index in [2.05, 4.69) is 39.8 Å². The van der Waals surface area contributed by atoms with Gasteiger partial charge >= 0.3 is 0 Å². The average molecular weight is 421 g/mol. The summed E-state index contributed by atoms with van der Waals surface area (Å²) in [5, 5.41) is 0. The molecule has 0 heterocycles. The van der Waals surface area contributed by atoms with Crippen LogP contribution in [0.1, 0.15) is 52.0 Å². The molecule has 2 aromatic rings. The van der Waals surface area contributed by atoms with Crippen LogP contribution in [0, 0.1) is 11.8 Å². The first-order valence-corrected chi connectivity index (χ1v) is 11.5. The maximum Gasteiger partial charge on any atom is 0.294 e. The largest absolute Gasteiger partial charge is 0.493 e. The summed E-state index contributed by atoms with van der Waals surface area (Å²) in [5.41, 5.74) is 1.36. The number of hydrogen-bond donors (Lipinski definition) is 1. The summed E-state index contributed by atoms with van der Waals surface area (Å²) in [7, 11) is -4.17. The molecule has 0 saturated carbocycles. The minimum Gasteiger partial charge on any atom is -0.493 e. The molecule has 160 valence electrons. The molecule has 1 unspecified atom stereocenters. The van der Waals surface area contributed by atoms with Gasteiger partial charge in [-0.15, -0.1) is 0 Å². The highest BCUT2D eigenvalue weighted by atomic mass is 32.2. The maximum atomic E-state index is 11.0. The van der Waals surface area contributed by atoms with E-state index in [0.717, 1.165) is 5.75 Å². The molecule has 0 amide bonds. The topological polar surface area (TPSA) is 72.8 Å². The van der Waals surface area contributed by atoms with Gasteiger partial charge in [0.05, 0.1) is 18.1 Å². The van der Waals surface area contributed by atoms with Crippen molar-refractivity contribution in [2.75, 3.05) is 13.2 Å². The van der Waals surface area contributed by atoms with Crippen LogP contribution in [0.5, 0.6) is 11.5 Å². The number of benzene rings is 2. The van der Waals surface area contributed by atoms with Gasteiger partial charge < -0.3 is 9.47 Å². The van der Waals surface area contributed by atoms with Gasteiger partial charge in [0, 0.05) is 6.42 Å². The Labute approximate surface area is 174 Å². The lowest BCUT2D eigenvalue weighted by Gasteiger charge is -2.23. The van der Waals surface area contributed by atoms with E-state index in [4.69, 9.17) is 14.0 Å². The summed E-state index contributed by atoms with van der Waals surface area (Å²) in [6.07, 6.45) is 1.88. The highest BCUT2D eigenvalue weighted by Gasteiger charge is 2.17. The average Bonchev–Trinajstić information content (AvgIpc) is 2.66. The molecule has 0 aliphatic rings. The van der Waals surface area contributed by atoms with Gasteiger partial charge in [0.1, 0.15) is 11.5 Å². The minimum atomic E-state index is -4.17. The fourth-order valence-electron chi connectivity index (χ4n) is 3.26. The highest BCUT2D eigenvalue weighted by Crippen LogP contribution is 2.31. The van der Waals surface area contributed by atoms with E-state index in [1.54, 1.807) is 0 Å². The van der Waals surface area contributed by atoms with Crippen LogP contribution in [0.25, 0.3) is 0 Å². The Morgan fingerprint density at radius 3 is 1.72 bits per heavy atom. The number of rotatable bonds is 11. The van der Waals surface area contributed by atoms with Crippen molar-refractivity contribution in [3.8, 4) is 11.5 Å². The van der Waals surface area contributed by atoms with Crippen molar-refractivity contribution < 1.29 is 22.4 Å². The van der Waals surface area contributed by atoms with Crippen LogP contribution in [0.15, 0.2) is 53.4 Å². The predicted octanol–water partition coefficient (Wildman–Crippen LogP) is 5.57. The predicted molar refractivity (Wildman–Crippen MR) is 115 cm³/mol. The van der Waals surface area contributed by atoms with Gasteiger partial charge in [0.2, 0.25) is 0 Å². The molecule has 29 heavy (non-hydrogen) atoms. The first-order chi connectivity index (χ1) is 13.7. The Hall–Kier alpha value is -2.05. The molecule has 0 bridgehead atoms. The van der Waals surface area contributed by atoms with Crippen LogP contribution in [0.4, 0.5) is 0 Å². The molecule has 5 nitrogen and oxygen atoms in total. The van der Waals surface area contributed by atoms with Crippen LogP contribution in [-0.4, -0.2) is 26.2 Å². The second-order valence-corrected chi connectivity index (χ2v) is 9.47. The summed E-state index contributed by atoms with van der Waals surface area (Å²) in [6, 6.07) is 14.0. The lowest BCUT2D eigenvalue weighted by Crippen LogP contribution is -2.10. The second kappa shape index (κ2) is 10.6. The van der Waals surface area contributed by atoms with E-state index in [9.17, 15) is 8.42 Å². The normalized spacial score (nSPS) is 12.9. The molecule has 0 radical (unpaired) electrons. The number of ether oxygens (including phenoxy) is 2. The smallest absolute Gasteiger partial charge is 0.294 e. The molecule has 0 aromatic heterocycles. The molecule has 1 atom stereocenters. The van der Waals surface area contributed by atoms with Gasteiger partial charge in [-0.3, -0.25) is 4.55 Å². The molecule has 0 aliphatic heterocycles. The van der Waals surface area contributed by atoms with Crippen LogP contribution in [-0.2, 0) is 10.1 Å². The monoisotopic (exact) mass is 420 g/mol. The second-order valence-electron chi connectivity index (χ2n) is 8.05. The minimum absolute atomic E-state index is 0.148. The van der Waals surface area contributed by atoms with Crippen molar-refractivity contribution in [3.63, 3.8) is 0 Å². The Kier molecular flexibility index (Phi) is 8.53. The zero-order valence-electron chi connectivity index (χ0n) is 17.7. The Morgan fingerprint density at radius 1 is 0.828 bits per heavy atom. The summed E-state index contributed by atoms with van der Waals surface area (Å²) < 4.78 is 42.4. The van der Waals surface area contributed by atoms with Gasteiger partial charge in [-0.1, -0.05) is 39.8 Å².